The lowest BCUT2D eigenvalue weighted by Gasteiger charge is -2.41. The molecule has 1 aliphatic carbocycles. The molecule has 2 fully saturated rings. The number of piperidine rings is 1. The minimum absolute atomic E-state index is 0.00526. The molecule has 3 atom stereocenters. The number of amidine groups is 1. The van der Waals surface area contributed by atoms with Gasteiger partial charge in [-0.05, 0) is 31.6 Å². The number of nitrogens with zero attached hydrogens (tertiary/aromatic N) is 2. The largest absolute Gasteiger partial charge is 0.409 e. The van der Waals surface area contributed by atoms with E-state index < -0.39 is 5.92 Å². The van der Waals surface area contributed by atoms with Gasteiger partial charge in [-0.3, -0.25) is 4.79 Å². The van der Waals surface area contributed by atoms with Gasteiger partial charge in [-0.15, -0.1) is 0 Å². The number of fused-ring (bicyclic) bond motifs is 1. The molecule has 3 N–H and O–H groups in total. The number of oxime groups is 1. The Kier molecular flexibility index (Phi) is 4.09. The summed E-state index contributed by atoms with van der Waals surface area (Å²) in [4.78, 5) is 14.1. The SMILES string of the molecule is CC(C(=O)N1CCC2CCCCC2C1)C(N)=NO. The lowest BCUT2D eigenvalue weighted by molar-refractivity contribution is -0.136. The number of hydrogen-bond acceptors (Lipinski definition) is 3. The highest BCUT2D eigenvalue weighted by Gasteiger charge is 2.34. The first-order chi connectivity index (χ1) is 8.63. The number of amides is 1. The highest BCUT2D eigenvalue weighted by molar-refractivity contribution is 6.01. The molecule has 0 radical (unpaired) electrons. The van der Waals surface area contributed by atoms with E-state index in [1.807, 2.05) is 4.90 Å². The highest BCUT2D eigenvalue weighted by atomic mass is 16.4. The van der Waals surface area contributed by atoms with Crippen molar-refractivity contribution in [3.63, 3.8) is 0 Å². The van der Waals surface area contributed by atoms with E-state index in [9.17, 15) is 4.79 Å². The molecule has 2 aliphatic rings. The molecule has 0 aromatic heterocycles. The molecule has 18 heavy (non-hydrogen) atoms. The average Bonchev–Trinajstić information content (AvgIpc) is 2.44. The van der Waals surface area contributed by atoms with Crippen molar-refractivity contribution in [2.45, 2.75) is 39.0 Å². The van der Waals surface area contributed by atoms with Gasteiger partial charge in [-0.25, -0.2) is 0 Å². The van der Waals surface area contributed by atoms with Crippen LogP contribution in [0.4, 0.5) is 0 Å². The van der Waals surface area contributed by atoms with Crippen LogP contribution in [0.1, 0.15) is 39.0 Å². The molecule has 2 rings (SSSR count). The standard InChI is InChI=1S/C13H23N3O2/c1-9(12(14)15-18)13(17)16-7-6-10-4-2-3-5-11(10)8-16/h9-11,18H,2-8H2,1H3,(H2,14,15). The van der Waals surface area contributed by atoms with Gasteiger partial charge in [0.1, 0.15) is 0 Å². The molecule has 1 heterocycles. The molecule has 1 aliphatic heterocycles. The zero-order valence-corrected chi connectivity index (χ0v) is 11.0. The Balaban J connectivity index is 1.96. The van der Waals surface area contributed by atoms with Crippen LogP contribution in [0.5, 0.6) is 0 Å². The minimum atomic E-state index is -0.518. The summed E-state index contributed by atoms with van der Waals surface area (Å²) in [6.07, 6.45) is 6.31. The van der Waals surface area contributed by atoms with E-state index in [4.69, 9.17) is 10.9 Å². The number of carbonyl (C=O) groups excluding carboxylic acids is 1. The summed E-state index contributed by atoms with van der Waals surface area (Å²) in [6.45, 7) is 3.37. The summed E-state index contributed by atoms with van der Waals surface area (Å²) < 4.78 is 0. The second kappa shape index (κ2) is 5.59. The summed E-state index contributed by atoms with van der Waals surface area (Å²) in [5.74, 6) is 0.952. The first-order valence-corrected chi connectivity index (χ1v) is 6.89. The van der Waals surface area contributed by atoms with Gasteiger partial charge in [-0.2, -0.15) is 0 Å². The number of hydrogen-bond donors (Lipinski definition) is 2. The molecule has 0 spiro atoms. The molecule has 1 saturated carbocycles. The zero-order valence-electron chi connectivity index (χ0n) is 11.0. The maximum Gasteiger partial charge on any atom is 0.233 e. The average molecular weight is 253 g/mol. The van der Waals surface area contributed by atoms with Crippen molar-refractivity contribution in [2.24, 2.45) is 28.6 Å². The fourth-order valence-electron chi connectivity index (χ4n) is 3.29. The fraction of sp³-hybridized carbons (Fsp3) is 0.846. The summed E-state index contributed by atoms with van der Waals surface area (Å²) in [7, 11) is 0. The Bertz CT molecular complexity index is 343. The first-order valence-electron chi connectivity index (χ1n) is 6.89. The van der Waals surface area contributed by atoms with Crippen molar-refractivity contribution in [3.8, 4) is 0 Å². The van der Waals surface area contributed by atoms with Crippen molar-refractivity contribution in [1.29, 1.82) is 0 Å². The molecular formula is C13H23N3O2. The third-order valence-corrected chi connectivity index (χ3v) is 4.53. The lowest BCUT2D eigenvalue weighted by Crippen LogP contribution is -2.48. The van der Waals surface area contributed by atoms with Crippen LogP contribution in [0, 0.1) is 17.8 Å². The smallest absolute Gasteiger partial charge is 0.233 e. The summed E-state index contributed by atoms with van der Waals surface area (Å²) in [6, 6.07) is 0. The van der Waals surface area contributed by atoms with Gasteiger partial charge in [0.05, 0.1) is 5.92 Å². The third-order valence-electron chi connectivity index (χ3n) is 4.53. The molecule has 5 heteroatoms. The molecule has 102 valence electrons. The molecule has 0 aromatic carbocycles. The summed E-state index contributed by atoms with van der Waals surface area (Å²) in [5.41, 5.74) is 5.51. The van der Waals surface area contributed by atoms with Crippen LogP contribution in [0.25, 0.3) is 0 Å². The van der Waals surface area contributed by atoms with Gasteiger partial charge in [0.25, 0.3) is 0 Å². The zero-order chi connectivity index (χ0) is 13.1. The maximum atomic E-state index is 12.2. The van der Waals surface area contributed by atoms with Gasteiger partial charge < -0.3 is 15.8 Å². The molecule has 1 saturated heterocycles. The third kappa shape index (κ3) is 2.60. The topological polar surface area (TPSA) is 78.9 Å². The maximum absolute atomic E-state index is 12.2. The van der Waals surface area contributed by atoms with Crippen molar-refractivity contribution in [1.82, 2.24) is 4.90 Å². The fourth-order valence-corrected chi connectivity index (χ4v) is 3.29. The van der Waals surface area contributed by atoms with Crippen molar-refractivity contribution in [3.05, 3.63) is 0 Å². The lowest BCUT2D eigenvalue weighted by atomic mass is 9.75. The Morgan fingerprint density at radius 3 is 2.67 bits per heavy atom. The van der Waals surface area contributed by atoms with E-state index in [0.717, 1.165) is 25.4 Å². The quantitative estimate of drug-likeness (QED) is 0.338. The number of carbonyl (C=O) groups is 1. The van der Waals surface area contributed by atoms with Crippen LogP contribution in [-0.2, 0) is 4.79 Å². The minimum Gasteiger partial charge on any atom is -0.409 e. The van der Waals surface area contributed by atoms with Gasteiger partial charge in [0.15, 0.2) is 5.84 Å². The summed E-state index contributed by atoms with van der Waals surface area (Å²) in [5, 5.41) is 11.6. The Hall–Kier alpha value is -1.26. The van der Waals surface area contributed by atoms with Crippen LogP contribution in [0.3, 0.4) is 0 Å². The van der Waals surface area contributed by atoms with E-state index in [1.165, 1.54) is 25.7 Å². The molecule has 5 nitrogen and oxygen atoms in total. The van der Waals surface area contributed by atoms with E-state index in [1.54, 1.807) is 6.92 Å². The molecule has 1 amide bonds. The van der Waals surface area contributed by atoms with Crippen LogP contribution in [0.15, 0.2) is 5.16 Å². The van der Waals surface area contributed by atoms with Crippen LogP contribution in [0.2, 0.25) is 0 Å². The van der Waals surface area contributed by atoms with Crippen molar-refractivity contribution >= 4 is 11.7 Å². The molecular weight excluding hydrogens is 230 g/mol. The second-order valence-electron chi connectivity index (χ2n) is 5.62. The molecule has 3 unspecified atom stereocenters. The van der Waals surface area contributed by atoms with Crippen LogP contribution < -0.4 is 5.73 Å². The highest BCUT2D eigenvalue weighted by Crippen LogP contribution is 2.36. The predicted octanol–water partition coefficient (Wildman–Crippen LogP) is 1.41. The van der Waals surface area contributed by atoms with Crippen LogP contribution >= 0.6 is 0 Å². The van der Waals surface area contributed by atoms with E-state index in [0.29, 0.717) is 5.92 Å². The van der Waals surface area contributed by atoms with E-state index >= 15 is 0 Å². The van der Waals surface area contributed by atoms with Gasteiger partial charge in [-0.1, -0.05) is 24.4 Å². The number of likely N-dealkylation sites (tertiary alicyclic amines) is 1. The van der Waals surface area contributed by atoms with Crippen molar-refractivity contribution in [2.75, 3.05) is 13.1 Å². The van der Waals surface area contributed by atoms with Crippen molar-refractivity contribution < 1.29 is 10.0 Å². The normalized spacial score (nSPS) is 30.7. The predicted molar refractivity (Wildman–Crippen MR) is 69.2 cm³/mol. The first kappa shape index (κ1) is 13.2. The van der Waals surface area contributed by atoms with E-state index in [2.05, 4.69) is 5.16 Å². The summed E-state index contributed by atoms with van der Waals surface area (Å²) >= 11 is 0. The van der Waals surface area contributed by atoms with Gasteiger partial charge in [0, 0.05) is 13.1 Å². The monoisotopic (exact) mass is 253 g/mol. The number of rotatable bonds is 2. The Morgan fingerprint density at radius 2 is 2.00 bits per heavy atom. The van der Waals surface area contributed by atoms with Crippen LogP contribution in [-0.4, -0.2) is 34.9 Å². The van der Waals surface area contributed by atoms with Gasteiger partial charge >= 0.3 is 0 Å². The number of nitrogens with two attached hydrogens (primary N) is 1. The molecule has 0 bridgehead atoms. The van der Waals surface area contributed by atoms with Gasteiger partial charge in [0.2, 0.25) is 5.91 Å². The second-order valence-corrected chi connectivity index (χ2v) is 5.62. The van der Waals surface area contributed by atoms with E-state index in [-0.39, 0.29) is 11.7 Å². The Labute approximate surface area is 108 Å². The molecule has 0 aromatic rings. The Morgan fingerprint density at radius 1 is 1.33 bits per heavy atom.